The summed E-state index contributed by atoms with van der Waals surface area (Å²) in [4.78, 5) is 16.6. The fraction of sp³-hybridized carbons (Fsp3) is 0.100. The molecular weight excluding hydrogens is 352 g/mol. The lowest BCUT2D eigenvalue weighted by molar-refractivity contribution is -0.116. The maximum Gasteiger partial charge on any atom is 0.244 e. The van der Waals surface area contributed by atoms with Gasteiger partial charge in [-0.3, -0.25) is 4.79 Å². The summed E-state index contributed by atoms with van der Waals surface area (Å²) < 4.78 is 0. The summed E-state index contributed by atoms with van der Waals surface area (Å²) in [6, 6.07) is 15.5. The Balaban J connectivity index is 1.59. The monoisotopic (exact) mass is 368 g/mol. The summed E-state index contributed by atoms with van der Waals surface area (Å²) in [6.45, 7) is 2.47. The topological polar surface area (TPSA) is 42.0 Å². The van der Waals surface area contributed by atoms with Crippen LogP contribution in [0.3, 0.4) is 0 Å². The number of rotatable bonds is 5. The second kappa shape index (κ2) is 8.10. The van der Waals surface area contributed by atoms with Crippen LogP contribution in [0.2, 0.25) is 5.02 Å². The van der Waals surface area contributed by atoms with Crippen molar-refractivity contribution in [2.24, 2.45) is 0 Å². The van der Waals surface area contributed by atoms with Crippen LogP contribution in [0.5, 0.6) is 0 Å². The third-order valence-electron chi connectivity index (χ3n) is 3.65. The molecule has 3 aromatic rings. The van der Waals surface area contributed by atoms with E-state index in [2.05, 4.69) is 29.4 Å². The van der Waals surface area contributed by atoms with Gasteiger partial charge in [0.2, 0.25) is 5.91 Å². The second-order valence-corrected chi connectivity index (χ2v) is 6.86. The Morgan fingerprint density at radius 1 is 1.24 bits per heavy atom. The highest BCUT2D eigenvalue weighted by atomic mass is 35.5. The van der Waals surface area contributed by atoms with Gasteiger partial charge in [-0.2, -0.15) is 0 Å². The van der Waals surface area contributed by atoms with Crippen LogP contribution >= 0.6 is 22.9 Å². The highest BCUT2D eigenvalue weighted by Gasteiger charge is 2.07. The number of nitrogens with zero attached hydrogens (tertiary/aromatic N) is 1. The molecule has 0 fully saturated rings. The predicted molar refractivity (Wildman–Crippen MR) is 105 cm³/mol. The molecule has 1 N–H and O–H groups in total. The van der Waals surface area contributed by atoms with Crippen molar-refractivity contribution in [1.29, 1.82) is 0 Å². The van der Waals surface area contributed by atoms with Crippen molar-refractivity contribution >= 4 is 34.9 Å². The molecule has 126 valence electrons. The number of nitrogens with one attached hydrogen (secondary N) is 1. The molecule has 3 rings (SSSR count). The summed E-state index contributed by atoms with van der Waals surface area (Å²) >= 11 is 7.51. The molecule has 0 atom stereocenters. The Bertz CT molecular complexity index is 917. The molecule has 1 heterocycles. The van der Waals surface area contributed by atoms with Crippen molar-refractivity contribution in [1.82, 2.24) is 10.3 Å². The molecule has 1 amide bonds. The van der Waals surface area contributed by atoms with Gasteiger partial charge >= 0.3 is 0 Å². The minimum absolute atomic E-state index is 0.162. The number of aromatic nitrogens is 1. The van der Waals surface area contributed by atoms with Crippen LogP contribution in [0, 0.1) is 6.92 Å². The molecule has 25 heavy (non-hydrogen) atoms. The normalized spacial score (nSPS) is 11.0. The average molecular weight is 369 g/mol. The van der Waals surface area contributed by atoms with Crippen LogP contribution < -0.4 is 5.32 Å². The summed E-state index contributed by atoms with van der Waals surface area (Å²) in [6.07, 6.45) is 3.24. The van der Waals surface area contributed by atoms with Gasteiger partial charge < -0.3 is 5.32 Å². The Labute approximate surface area is 156 Å². The summed E-state index contributed by atoms with van der Waals surface area (Å²) in [7, 11) is 0. The highest BCUT2D eigenvalue weighted by Crippen LogP contribution is 2.26. The molecule has 1 aromatic heterocycles. The van der Waals surface area contributed by atoms with Gasteiger partial charge in [-0.25, -0.2) is 4.98 Å². The number of benzene rings is 2. The first-order valence-corrected chi connectivity index (χ1v) is 9.09. The number of amides is 1. The number of halogens is 1. The van der Waals surface area contributed by atoms with E-state index in [-0.39, 0.29) is 5.91 Å². The van der Waals surface area contributed by atoms with Crippen LogP contribution in [-0.4, -0.2) is 10.9 Å². The van der Waals surface area contributed by atoms with E-state index in [4.69, 9.17) is 11.6 Å². The van der Waals surface area contributed by atoms with E-state index in [9.17, 15) is 4.79 Å². The van der Waals surface area contributed by atoms with Gasteiger partial charge in [-0.05, 0) is 36.3 Å². The maximum atomic E-state index is 12.0. The minimum Gasteiger partial charge on any atom is -0.347 e. The lowest BCUT2D eigenvalue weighted by Gasteiger charge is -2.01. The third-order valence-corrected chi connectivity index (χ3v) is 4.81. The third kappa shape index (κ3) is 4.78. The van der Waals surface area contributed by atoms with E-state index in [1.165, 1.54) is 11.6 Å². The van der Waals surface area contributed by atoms with Gasteiger partial charge in [0.1, 0.15) is 5.01 Å². The van der Waals surface area contributed by atoms with E-state index >= 15 is 0 Å². The van der Waals surface area contributed by atoms with Crippen LogP contribution in [-0.2, 0) is 11.3 Å². The number of aryl methyl sites for hydroxylation is 1. The molecule has 0 spiro atoms. The van der Waals surface area contributed by atoms with E-state index in [0.29, 0.717) is 11.6 Å². The molecule has 0 radical (unpaired) electrons. The molecule has 0 aliphatic rings. The lowest BCUT2D eigenvalue weighted by Crippen LogP contribution is -2.20. The van der Waals surface area contributed by atoms with Crippen molar-refractivity contribution in [3.8, 4) is 10.6 Å². The summed E-state index contributed by atoms with van der Waals surface area (Å²) in [5, 5.41) is 6.44. The van der Waals surface area contributed by atoms with Crippen molar-refractivity contribution in [3.63, 3.8) is 0 Å². The van der Waals surface area contributed by atoms with Crippen molar-refractivity contribution in [2.45, 2.75) is 13.5 Å². The first-order valence-electron chi connectivity index (χ1n) is 7.84. The summed E-state index contributed by atoms with van der Waals surface area (Å²) in [5.74, 6) is -0.162. The Morgan fingerprint density at radius 3 is 2.88 bits per heavy atom. The van der Waals surface area contributed by atoms with E-state index < -0.39 is 0 Å². The van der Waals surface area contributed by atoms with E-state index in [0.717, 1.165) is 21.8 Å². The maximum absolute atomic E-state index is 12.0. The van der Waals surface area contributed by atoms with Crippen LogP contribution in [0.4, 0.5) is 0 Å². The molecule has 0 aliphatic carbocycles. The molecule has 2 aromatic carbocycles. The fourth-order valence-electron chi connectivity index (χ4n) is 2.34. The van der Waals surface area contributed by atoms with Gasteiger partial charge in [0.15, 0.2) is 0 Å². The van der Waals surface area contributed by atoms with Crippen molar-refractivity contribution in [3.05, 3.63) is 81.8 Å². The first-order chi connectivity index (χ1) is 12.1. The number of thiazole rings is 1. The highest BCUT2D eigenvalue weighted by molar-refractivity contribution is 7.13. The van der Waals surface area contributed by atoms with E-state index in [1.807, 2.05) is 29.6 Å². The molecule has 0 saturated heterocycles. The SMILES string of the molecule is Cc1ccccc1-c1nc(CNC(=O)/C=C/c2cccc(Cl)c2)cs1. The smallest absolute Gasteiger partial charge is 0.244 e. The zero-order valence-corrected chi connectivity index (χ0v) is 15.3. The zero-order chi connectivity index (χ0) is 17.6. The Hall–Kier alpha value is -2.43. The molecule has 0 unspecified atom stereocenters. The molecular formula is C20H17ClN2OS. The average Bonchev–Trinajstić information content (AvgIpc) is 3.07. The van der Waals surface area contributed by atoms with E-state index in [1.54, 1.807) is 29.5 Å². The zero-order valence-electron chi connectivity index (χ0n) is 13.7. The summed E-state index contributed by atoms with van der Waals surface area (Å²) in [5.41, 5.74) is 4.06. The van der Waals surface area contributed by atoms with Gasteiger partial charge in [-0.15, -0.1) is 11.3 Å². The molecule has 3 nitrogen and oxygen atoms in total. The largest absolute Gasteiger partial charge is 0.347 e. The van der Waals surface area contributed by atoms with Crippen LogP contribution in [0.15, 0.2) is 60.0 Å². The molecule has 0 saturated carbocycles. The fourth-order valence-corrected chi connectivity index (χ4v) is 3.45. The second-order valence-electron chi connectivity index (χ2n) is 5.57. The Morgan fingerprint density at radius 2 is 2.08 bits per heavy atom. The van der Waals surface area contributed by atoms with Gasteiger partial charge in [0.05, 0.1) is 12.2 Å². The van der Waals surface area contributed by atoms with Crippen LogP contribution in [0.25, 0.3) is 16.6 Å². The quantitative estimate of drug-likeness (QED) is 0.636. The van der Waals surface area contributed by atoms with Crippen LogP contribution in [0.1, 0.15) is 16.8 Å². The standard InChI is InChI=1S/C20H17ClN2OS/c1-14-5-2-3-8-18(14)20-23-17(13-25-20)12-22-19(24)10-9-15-6-4-7-16(21)11-15/h2-11,13H,12H2,1H3,(H,22,24)/b10-9+. The van der Waals surface area contributed by atoms with Gasteiger partial charge in [0, 0.05) is 22.0 Å². The lowest BCUT2D eigenvalue weighted by atomic mass is 10.1. The van der Waals surface area contributed by atoms with Gasteiger partial charge in [0.25, 0.3) is 0 Å². The molecule has 0 aliphatic heterocycles. The number of carbonyl (C=O) groups is 1. The molecule has 0 bridgehead atoms. The minimum atomic E-state index is -0.162. The first kappa shape index (κ1) is 17.4. The van der Waals surface area contributed by atoms with Gasteiger partial charge in [-0.1, -0.05) is 48.0 Å². The van der Waals surface area contributed by atoms with Crippen molar-refractivity contribution < 1.29 is 4.79 Å². The number of hydrogen-bond acceptors (Lipinski definition) is 3. The number of carbonyl (C=O) groups excluding carboxylic acids is 1. The van der Waals surface area contributed by atoms with Crippen molar-refractivity contribution in [2.75, 3.05) is 0 Å². The molecule has 5 heteroatoms. The predicted octanol–water partition coefficient (Wildman–Crippen LogP) is 5.10. The number of hydrogen-bond donors (Lipinski definition) is 1. The Kier molecular flexibility index (Phi) is 5.64.